The van der Waals surface area contributed by atoms with Crippen LogP contribution in [0.25, 0.3) is 0 Å². The van der Waals surface area contributed by atoms with E-state index >= 15 is 0 Å². The van der Waals surface area contributed by atoms with Crippen molar-refractivity contribution in [1.82, 2.24) is 15.5 Å². The zero-order valence-electron chi connectivity index (χ0n) is 22.5. The summed E-state index contributed by atoms with van der Waals surface area (Å²) in [4.78, 5) is 53.3. The van der Waals surface area contributed by atoms with Crippen molar-refractivity contribution in [3.8, 4) is 5.75 Å². The smallest absolute Gasteiger partial charge is 0.408 e. The molecule has 36 heavy (non-hydrogen) atoms. The summed E-state index contributed by atoms with van der Waals surface area (Å²) in [5.41, 5.74) is 4.18. The number of nitrogens with two attached hydrogens (primary N) is 1. The van der Waals surface area contributed by atoms with Crippen molar-refractivity contribution in [1.29, 1.82) is 0 Å². The standard InChI is InChI=1S/C26H42N4O6/c1-8-10-15-28-22(33)21(17-11-13-18(31)14-12-17)30(26(6,7)9-2)23(34)19(16-20(27)32)29-24(35)36-25(3,4)5/h11-14,19,21,31H,8-10,15-16H2,1-7H3,(H2,27,32)(H,28,33)(H,29,35). The van der Waals surface area contributed by atoms with Crippen LogP contribution in [0.5, 0.6) is 5.75 Å². The summed E-state index contributed by atoms with van der Waals surface area (Å²) in [5.74, 6) is -1.86. The maximum atomic E-state index is 14.0. The topological polar surface area (TPSA) is 151 Å². The van der Waals surface area contributed by atoms with Crippen LogP contribution >= 0.6 is 0 Å². The summed E-state index contributed by atoms with van der Waals surface area (Å²) >= 11 is 0. The predicted molar refractivity (Wildman–Crippen MR) is 137 cm³/mol. The van der Waals surface area contributed by atoms with Crippen molar-refractivity contribution in [2.75, 3.05) is 6.54 Å². The number of hydrogen-bond donors (Lipinski definition) is 4. The van der Waals surface area contributed by atoms with Crippen LogP contribution < -0.4 is 16.4 Å². The molecule has 0 aliphatic heterocycles. The van der Waals surface area contributed by atoms with Gasteiger partial charge in [-0.25, -0.2) is 4.79 Å². The summed E-state index contributed by atoms with van der Waals surface area (Å²) in [6, 6.07) is 3.55. The maximum absolute atomic E-state index is 14.0. The highest BCUT2D eigenvalue weighted by Gasteiger charge is 2.43. The number of aromatic hydroxyl groups is 1. The molecule has 0 radical (unpaired) electrons. The van der Waals surface area contributed by atoms with Crippen molar-refractivity contribution in [3.05, 3.63) is 29.8 Å². The number of alkyl carbamates (subject to hydrolysis) is 1. The van der Waals surface area contributed by atoms with E-state index in [0.717, 1.165) is 12.8 Å². The molecule has 0 saturated carbocycles. The van der Waals surface area contributed by atoms with Crippen LogP contribution in [0.15, 0.2) is 24.3 Å². The van der Waals surface area contributed by atoms with E-state index in [0.29, 0.717) is 18.5 Å². The molecule has 0 aliphatic carbocycles. The van der Waals surface area contributed by atoms with Crippen LogP contribution in [0, 0.1) is 0 Å². The van der Waals surface area contributed by atoms with E-state index in [2.05, 4.69) is 10.6 Å². The van der Waals surface area contributed by atoms with Crippen molar-refractivity contribution in [2.45, 2.75) is 97.4 Å². The lowest BCUT2D eigenvalue weighted by atomic mass is 9.91. The zero-order chi connectivity index (χ0) is 27.7. The van der Waals surface area contributed by atoms with Gasteiger partial charge in [-0.05, 0) is 65.2 Å². The number of unbranched alkanes of at least 4 members (excludes halogenated alkanes) is 1. The first-order chi connectivity index (χ1) is 16.6. The minimum absolute atomic E-state index is 0.00900. The van der Waals surface area contributed by atoms with E-state index in [1.165, 1.54) is 17.0 Å². The Hall–Kier alpha value is -3.30. The molecule has 202 valence electrons. The number of nitrogens with zero attached hydrogens (tertiary/aromatic N) is 1. The van der Waals surface area contributed by atoms with E-state index in [1.54, 1.807) is 46.8 Å². The van der Waals surface area contributed by atoms with Crippen molar-refractivity contribution < 1.29 is 29.0 Å². The monoisotopic (exact) mass is 506 g/mol. The first-order valence-electron chi connectivity index (χ1n) is 12.3. The SMILES string of the molecule is CCCCNC(=O)C(c1ccc(O)cc1)N(C(=O)C(CC(N)=O)NC(=O)OC(C)(C)C)C(C)(C)CC. The fourth-order valence-electron chi connectivity index (χ4n) is 3.52. The number of primary amides is 1. The molecule has 0 aromatic heterocycles. The second kappa shape index (κ2) is 13.1. The average Bonchev–Trinajstić information content (AvgIpc) is 2.75. The minimum atomic E-state index is -1.36. The molecule has 2 unspecified atom stereocenters. The van der Waals surface area contributed by atoms with Gasteiger partial charge in [0.05, 0.1) is 6.42 Å². The second-order valence-corrected chi connectivity index (χ2v) is 10.4. The molecule has 1 aromatic rings. The van der Waals surface area contributed by atoms with Gasteiger partial charge in [-0.1, -0.05) is 32.4 Å². The van der Waals surface area contributed by atoms with Gasteiger partial charge in [0.2, 0.25) is 17.7 Å². The summed E-state index contributed by atoms with van der Waals surface area (Å²) in [7, 11) is 0. The molecule has 2 atom stereocenters. The van der Waals surface area contributed by atoms with Gasteiger partial charge in [-0.15, -0.1) is 0 Å². The number of nitrogens with one attached hydrogen (secondary N) is 2. The van der Waals surface area contributed by atoms with Crippen LogP contribution in [-0.2, 0) is 19.1 Å². The van der Waals surface area contributed by atoms with Crippen molar-refractivity contribution >= 4 is 23.8 Å². The number of phenols is 1. The molecule has 4 amide bonds. The lowest BCUT2D eigenvalue weighted by molar-refractivity contribution is -0.150. The van der Waals surface area contributed by atoms with Crippen LogP contribution in [0.3, 0.4) is 0 Å². The summed E-state index contributed by atoms with van der Waals surface area (Å²) in [6.07, 6.45) is 0.724. The van der Waals surface area contributed by atoms with Crippen molar-refractivity contribution in [2.24, 2.45) is 5.73 Å². The van der Waals surface area contributed by atoms with Crippen LogP contribution in [0.2, 0.25) is 0 Å². The number of amides is 4. The highest BCUT2D eigenvalue weighted by atomic mass is 16.6. The number of benzene rings is 1. The normalized spacial score (nSPS) is 13.3. The molecule has 5 N–H and O–H groups in total. The van der Waals surface area contributed by atoms with Crippen LogP contribution in [-0.4, -0.2) is 57.5 Å². The van der Waals surface area contributed by atoms with E-state index in [4.69, 9.17) is 10.5 Å². The average molecular weight is 507 g/mol. The van der Waals surface area contributed by atoms with Gasteiger partial charge in [0.15, 0.2) is 0 Å². The van der Waals surface area contributed by atoms with Crippen LogP contribution in [0.1, 0.15) is 85.8 Å². The fourth-order valence-corrected chi connectivity index (χ4v) is 3.52. The van der Waals surface area contributed by atoms with Gasteiger partial charge < -0.3 is 31.1 Å². The van der Waals surface area contributed by atoms with Gasteiger partial charge in [-0.3, -0.25) is 14.4 Å². The molecular formula is C26H42N4O6. The molecule has 1 rings (SSSR count). The van der Waals surface area contributed by atoms with Gasteiger partial charge in [-0.2, -0.15) is 0 Å². The fraction of sp³-hybridized carbons (Fsp3) is 0.615. The quantitative estimate of drug-likeness (QED) is 0.320. The summed E-state index contributed by atoms with van der Waals surface area (Å²) in [5, 5.41) is 15.1. The van der Waals surface area contributed by atoms with Gasteiger partial charge in [0.1, 0.15) is 23.4 Å². The van der Waals surface area contributed by atoms with E-state index in [9.17, 15) is 24.3 Å². The lowest BCUT2D eigenvalue weighted by Crippen LogP contribution is -2.60. The first kappa shape index (κ1) is 30.7. The predicted octanol–water partition coefficient (Wildman–Crippen LogP) is 3.14. The third-order valence-corrected chi connectivity index (χ3v) is 5.69. The Morgan fingerprint density at radius 2 is 1.64 bits per heavy atom. The molecule has 0 spiro atoms. The number of rotatable bonds is 12. The number of phenolic OH excluding ortho intramolecular Hbond substituents is 1. The second-order valence-electron chi connectivity index (χ2n) is 10.4. The lowest BCUT2D eigenvalue weighted by Gasteiger charge is -2.44. The highest BCUT2D eigenvalue weighted by molar-refractivity contribution is 5.95. The Morgan fingerprint density at radius 3 is 2.11 bits per heavy atom. The molecule has 0 aliphatic rings. The molecule has 0 bridgehead atoms. The summed E-state index contributed by atoms with van der Waals surface area (Å²) < 4.78 is 5.28. The van der Waals surface area contributed by atoms with Crippen molar-refractivity contribution in [3.63, 3.8) is 0 Å². The van der Waals surface area contributed by atoms with E-state index in [-0.39, 0.29) is 5.75 Å². The van der Waals surface area contributed by atoms with Gasteiger partial charge in [0.25, 0.3) is 0 Å². The number of hydrogen-bond acceptors (Lipinski definition) is 6. The highest BCUT2D eigenvalue weighted by Crippen LogP contribution is 2.33. The largest absolute Gasteiger partial charge is 0.508 e. The molecule has 1 aromatic carbocycles. The first-order valence-corrected chi connectivity index (χ1v) is 12.3. The van der Waals surface area contributed by atoms with Crippen LogP contribution in [0.4, 0.5) is 4.79 Å². The maximum Gasteiger partial charge on any atom is 0.408 e. The van der Waals surface area contributed by atoms with E-state index < -0.39 is 53.5 Å². The molecule has 0 fully saturated rings. The minimum Gasteiger partial charge on any atom is -0.508 e. The third kappa shape index (κ3) is 9.39. The Bertz CT molecular complexity index is 908. The number of carbonyl (C=O) groups is 4. The molecule has 0 saturated heterocycles. The Balaban J connectivity index is 3.58. The Labute approximate surface area is 213 Å². The molecule has 0 heterocycles. The summed E-state index contributed by atoms with van der Waals surface area (Å²) in [6.45, 7) is 12.9. The molecule has 10 heteroatoms. The Kier molecular flexibility index (Phi) is 11.2. The van der Waals surface area contributed by atoms with Gasteiger partial charge >= 0.3 is 6.09 Å². The molecular weight excluding hydrogens is 464 g/mol. The van der Waals surface area contributed by atoms with Gasteiger partial charge in [0, 0.05) is 12.1 Å². The molecule has 10 nitrogen and oxygen atoms in total. The number of ether oxygens (including phenoxy) is 1. The van der Waals surface area contributed by atoms with E-state index in [1.807, 2.05) is 13.8 Å². The Morgan fingerprint density at radius 1 is 1.06 bits per heavy atom. The zero-order valence-corrected chi connectivity index (χ0v) is 22.5. The number of carbonyl (C=O) groups excluding carboxylic acids is 4. The third-order valence-electron chi connectivity index (χ3n) is 5.69.